The Balaban J connectivity index is 1.95. The zero-order valence-corrected chi connectivity index (χ0v) is 10.6. The summed E-state index contributed by atoms with van der Waals surface area (Å²) >= 11 is 1.87. The van der Waals surface area contributed by atoms with Crippen LogP contribution in [0.1, 0.15) is 42.2 Å². The van der Waals surface area contributed by atoms with Crippen molar-refractivity contribution in [2.24, 2.45) is 0 Å². The van der Waals surface area contributed by atoms with E-state index >= 15 is 0 Å². The van der Waals surface area contributed by atoms with Crippen LogP contribution in [0.15, 0.2) is 11.4 Å². The molecule has 0 aromatic carbocycles. The SMILES string of the molecule is CNCC1OCC2(CCCC2)c2ccsc21. The highest BCUT2D eigenvalue weighted by molar-refractivity contribution is 7.10. The minimum Gasteiger partial charge on any atom is -0.370 e. The Kier molecular flexibility index (Phi) is 2.78. The lowest BCUT2D eigenvalue weighted by atomic mass is 9.77. The number of fused-ring (bicyclic) bond motifs is 2. The summed E-state index contributed by atoms with van der Waals surface area (Å²) < 4.78 is 6.09. The topological polar surface area (TPSA) is 21.3 Å². The van der Waals surface area contributed by atoms with Crippen LogP contribution in [0.2, 0.25) is 0 Å². The highest BCUT2D eigenvalue weighted by Gasteiger charge is 2.43. The van der Waals surface area contributed by atoms with Gasteiger partial charge in [-0.3, -0.25) is 0 Å². The summed E-state index contributed by atoms with van der Waals surface area (Å²) in [6, 6.07) is 2.34. The maximum Gasteiger partial charge on any atom is 0.104 e. The third kappa shape index (κ3) is 1.53. The lowest BCUT2D eigenvalue weighted by Crippen LogP contribution is -2.37. The van der Waals surface area contributed by atoms with E-state index in [9.17, 15) is 0 Å². The summed E-state index contributed by atoms with van der Waals surface area (Å²) in [5.41, 5.74) is 1.97. The molecule has 1 unspecified atom stereocenters. The fourth-order valence-corrected chi connectivity index (χ4v) is 4.29. The van der Waals surface area contributed by atoms with Crippen LogP contribution >= 0.6 is 11.3 Å². The molecule has 3 heteroatoms. The number of hydrogen-bond donors (Lipinski definition) is 1. The second kappa shape index (κ2) is 4.13. The van der Waals surface area contributed by atoms with Crippen molar-refractivity contribution in [3.05, 3.63) is 21.9 Å². The highest BCUT2D eigenvalue weighted by atomic mass is 32.1. The van der Waals surface area contributed by atoms with Crippen molar-refractivity contribution >= 4 is 11.3 Å². The number of rotatable bonds is 2. The van der Waals surface area contributed by atoms with Crippen molar-refractivity contribution in [2.45, 2.75) is 37.2 Å². The van der Waals surface area contributed by atoms with Crippen LogP contribution in [-0.4, -0.2) is 20.2 Å². The predicted octanol–water partition coefficient (Wildman–Crippen LogP) is 2.85. The van der Waals surface area contributed by atoms with E-state index in [1.807, 2.05) is 18.4 Å². The lowest BCUT2D eigenvalue weighted by Gasteiger charge is -2.37. The Morgan fingerprint density at radius 1 is 1.50 bits per heavy atom. The van der Waals surface area contributed by atoms with Gasteiger partial charge in [0.1, 0.15) is 6.10 Å². The van der Waals surface area contributed by atoms with Gasteiger partial charge < -0.3 is 10.1 Å². The van der Waals surface area contributed by atoms with Crippen LogP contribution in [-0.2, 0) is 10.2 Å². The van der Waals surface area contributed by atoms with Gasteiger partial charge in [-0.15, -0.1) is 11.3 Å². The van der Waals surface area contributed by atoms with Gasteiger partial charge in [0, 0.05) is 16.8 Å². The Hall–Kier alpha value is -0.380. The second-order valence-electron chi connectivity index (χ2n) is 5.04. The Morgan fingerprint density at radius 2 is 2.31 bits per heavy atom. The molecule has 1 aliphatic heterocycles. The van der Waals surface area contributed by atoms with Gasteiger partial charge in [0.15, 0.2) is 0 Å². The third-order valence-corrected chi connectivity index (χ3v) is 5.08. The number of nitrogens with one attached hydrogen (secondary N) is 1. The Labute approximate surface area is 101 Å². The van der Waals surface area contributed by atoms with Gasteiger partial charge in [-0.1, -0.05) is 12.8 Å². The maximum atomic E-state index is 6.09. The molecular formula is C13H19NOS. The monoisotopic (exact) mass is 237 g/mol. The van der Waals surface area contributed by atoms with Crippen LogP contribution in [0, 0.1) is 0 Å². The van der Waals surface area contributed by atoms with Gasteiger partial charge in [-0.2, -0.15) is 0 Å². The van der Waals surface area contributed by atoms with Crippen molar-refractivity contribution in [2.75, 3.05) is 20.2 Å². The summed E-state index contributed by atoms with van der Waals surface area (Å²) in [7, 11) is 2.00. The minimum atomic E-state index is 0.284. The first-order chi connectivity index (χ1) is 7.86. The van der Waals surface area contributed by atoms with Crippen LogP contribution in [0.3, 0.4) is 0 Å². The van der Waals surface area contributed by atoms with E-state index in [0.717, 1.165) is 13.2 Å². The van der Waals surface area contributed by atoms with Crippen LogP contribution in [0.25, 0.3) is 0 Å². The molecule has 1 saturated carbocycles. The average Bonchev–Trinajstić information content (AvgIpc) is 2.93. The van der Waals surface area contributed by atoms with Crippen molar-refractivity contribution in [1.29, 1.82) is 0 Å². The third-order valence-electron chi connectivity index (χ3n) is 4.07. The van der Waals surface area contributed by atoms with Gasteiger partial charge in [-0.25, -0.2) is 0 Å². The molecule has 1 atom stereocenters. The molecule has 0 radical (unpaired) electrons. The van der Waals surface area contributed by atoms with Gasteiger partial charge in [0.2, 0.25) is 0 Å². The van der Waals surface area contributed by atoms with Crippen molar-refractivity contribution in [3.63, 3.8) is 0 Å². The van der Waals surface area contributed by atoms with E-state index in [2.05, 4.69) is 16.8 Å². The molecule has 3 rings (SSSR count). The zero-order valence-electron chi connectivity index (χ0n) is 9.79. The average molecular weight is 237 g/mol. The molecule has 0 amide bonds. The van der Waals surface area contributed by atoms with Gasteiger partial charge in [0.25, 0.3) is 0 Å². The second-order valence-corrected chi connectivity index (χ2v) is 5.99. The molecule has 1 aliphatic carbocycles. The summed E-state index contributed by atoms with van der Waals surface area (Å²) in [5.74, 6) is 0. The summed E-state index contributed by atoms with van der Waals surface area (Å²) in [4.78, 5) is 1.47. The number of likely N-dealkylation sites (N-methyl/N-ethyl adjacent to an activating group) is 1. The maximum absolute atomic E-state index is 6.09. The number of ether oxygens (including phenoxy) is 1. The lowest BCUT2D eigenvalue weighted by molar-refractivity contribution is 0.00305. The van der Waals surface area contributed by atoms with Gasteiger partial charge >= 0.3 is 0 Å². The molecule has 2 aliphatic rings. The zero-order chi connectivity index (χ0) is 11.0. The first-order valence-corrected chi connectivity index (χ1v) is 7.08. The summed E-state index contributed by atoms with van der Waals surface area (Å²) in [5, 5.41) is 5.47. The van der Waals surface area contributed by atoms with Crippen molar-refractivity contribution in [1.82, 2.24) is 5.32 Å². The first kappa shape index (κ1) is 10.8. The molecule has 2 heterocycles. The highest BCUT2D eigenvalue weighted by Crippen LogP contribution is 2.49. The number of thiophene rings is 1. The molecular weight excluding hydrogens is 218 g/mol. The molecule has 88 valence electrons. The largest absolute Gasteiger partial charge is 0.370 e. The fraction of sp³-hybridized carbons (Fsp3) is 0.692. The van der Waals surface area contributed by atoms with Crippen molar-refractivity contribution in [3.8, 4) is 0 Å². The molecule has 1 spiro atoms. The predicted molar refractivity (Wildman–Crippen MR) is 67.1 cm³/mol. The van der Waals surface area contributed by atoms with Crippen LogP contribution in [0.5, 0.6) is 0 Å². The van der Waals surface area contributed by atoms with E-state index in [1.54, 1.807) is 5.56 Å². The molecule has 1 aromatic heterocycles. The van der Waals surface area contributed by atoms with Gasteiger partial charge in [0.05, 0.1) is 6.61 Å². The fourth-order valence-electron chi connectivity index (χ4n) is 3.22. The molecule has 1 fully saturated rings. The molecule has 0 bridgehead atoms. The molecule has 2 nitrogen and oxygen atoms in total. The summed E-state index contributed by atoms with van der Waals surface area (Å²) in [6.07, 6.45) is 5.67. The smallest absolute Gasteiger partial charge is 0.104 e. The molecule has 1 N–H and O–H groups in total. The standard InChI is InChI=1S/C13H19NOS/c1-14-8-11-12-10(4-7-16-12)13(9-15-11)5-2-3-6-13/h4,7,11,14H,2-3,5-6,8-9H2,1H3. The first-order valence-electron chi connectivity index (χ1n) is 6.20. The van der Waals surface area contributed by atoms with E-state index < -0.39 is 0 Å². The number of hydrogen-bond acceptors (Lipinski definition) is 3. The van der Waals surface area contributed by atoms with E-state index in [1.165, 1.54) is 30.6 Å². The van der Waals surface area contributed by atoms with Crippen LogP contribution < -0.4 is 5.32 Å². The van der Waals surface area contributed by atoms with Crippen LogP contribution in [0.4, 0.5) is 0 Å². The van der Waals surface area contributed by atoms with Gasteiger partial charge in [-0.05, 0) is 36.9 Å². The quantitative estimate of drug-likeness (QED) is 0.854. The Morgan fingerprint density at radius 3 is 3.06 bits per heavy atom. The molecule has 0 saturated heterocycles. The van der Waals surface area contributed by atoms with Crippen molar-refractivity contribution < 1.29 is 4.74 Å². The normalized spacial score (nSPS) is 27.2. The minimum absolute atomic E-state index is 0.284. The van der Waals surface area contributed by atoms with E-state index in [0.29, 0.717) is 5.41 Å². The summed E-state index contributed by atoms with van der Waals surface area (Å²) in [6.45, 7) is 1.87. The molecule has 1 aromatic rings. The van der Waals surface area contributed by atoms with E-state index in [4.69, 9.17) is 4.74 Å². The van der Waals surface area contributed by atoms with E-state index in [-0.39, 0.29) is 6.10 Å². The Bertz CT molecular complexity index is 368. The molecule has 16 heavy (non-hydrogen) atoms.